The molecule has 0 bridgehead atoms. The Morgan fingerprint density at radius 1 is 1.50 bits per heavy atom. The van der Waals surface area contributed by atoms with Gasteiger partial charge in [0.1, 0.15) is 0 Å². The molecule has 1 heterocycles. The van der Waals surface area contributed by atoms with Gasteiger partial charge in [-0.1, -0.05) is 6.92 Å². The van der Waals surface area contributed by atoms with Crippen LogP contribution in [0.15, 0.2) is 23.1 Å². The summed E-state index contributed by atoms with van der Waals surface area (Å²) in [5.41, 5.74) is 1.81. The van der Waals surface area contributed by atoms with E-state index in [1.807, 2.05) is 25.1 Å². The van der Waals surface area contributed by atoms with Crippen molar-refractivity contribution in [1.82, 2.24) is 0 Å². The van der Waals surface area contributed by atoms with Crippen molar-refractivity contribution in [3.8, 4) is 0 Å². The highest BCUT2D eigenvalue weighted by Crippen LogP contribution is 2.25. The number of anilines is 1. The zero-order valence-electron chi connectivity index (χ0n) is 7.87. The number of carbonyl (C=O) groups excluding carboxylic acids is 1. The van der Waals surface area contributed by atoms with Gasteiger partial charge in [-0.05, 0) is 23.8 Å². The van der Waals surface area contributed by atoms with Crippen LogP contribution in [0.2, 0.25) is 0 Å². The van der Waals surface area contributed by atoms with Gasteiger partial charge in [0.2, 0.25) is 5.91 Å². The summed E-state index contributed by atoms with van der Waals surface area (Å²) in [5.74, 6) is 0.625. The van der Waals surface area contributed by atoms with Gasteiger partial charge in [-0.2, -0.15) is 0 Å². The third kappa shape index (κ3) is 1.57. The Hall–Kier alpha value is -1.16. The molecule has 1 atom stereocenters. The Kier molecular flexibility index (Phi) is 2.37. The van der Waals surface area contributed by atoms with Crippen LogP contribution in [-0.4, -0.2) is 15.9 Å². The van der Waals surface area contributed by atoms with E-state index in [1.165, 1.54) is 0 Å². The summed E-state index contributed by atoms with van der Waals surface area (Å²) in [6, 6.07) is 5.49. The minimum Gasteiger partial charge on any atom is -0.326 e. The molecule has 4 heteroatoms. The first-order chi connectivity index (χ1) is 6.70. The average Bonchev–Trinajstić information content (AvgIpc) is 2.55. The molecule has 74 valence electrons. The van der Waals surface area contributed by atoms with Gasteiger partial charge < -0.3 is 5.32 Å². The van der Waals surface area contributed by atoms with Crippen LogP contribution in [-0.2, 0) is 22.0 Å². The van der Waals surface area contributed by atoms with Gasteiger partial charge in [-0.15, -0.1) is 0 Å². The second kappa shape index (κ2) is 3.53. The molecule has 1 N–H and O–H groups in total. The molecule has 0 spiro atoms. The Balaban J connectivity index is 2.37. The first-order valence-electron chi connectivity index (χ1n) is 4.52. The number of benzene rings is 1. The summed E-state index contributed by atoms with van der Waals surface area (Å²) < 4.78 is 11.5. The van der Waals surface area contributed by atoms with Crippen molar-refractivity contribution in [2.24, 2.45) is 0 Å². The number of carbonyl (C=O) groups is 1. The van der Waals surface area contributed by atoms with Gasteiger partial charge in [0.05, 0.1) is 17.2 Å². The fourth-order valence-corrected chi connectivity index (χ4v) is 2.34. The van der Waals surface area contributed by atoms with Gasteiger partial charge in [0.25, 0.3) is 0 Å². The van der Waals surface area contributed by atoms with Gasteiger partial charge >= 0.3 is 0 Å². The predicted octanol–water partition coefficient (Wildman–Crippen LogP) is 1.31. The van der Waals surface area contributed by atoms with Gasteiger partial charge in [-0.25, -0.2) is 0 Å². The largest absolute Gasteiger partial charge is 0.326 e. The quantitative estimate of drug-likeness (QED) is 0.798. The van der Waals surface area contributed by atoms with Gasteiger partial charge in [0, 0.05) is 16.3 Å². The van der Waals surface area contributed by atoms with E-state index >= 15 is 0 Å². The maximum absolute atomic E-state index is 11.5. The summed E-state index contributed by atoms with van der Waals surface area (Å²) in [6.07, 6.45) is 0.407. The van der Waals surface area contributed by atoms with Crippen molar-refractivity contribution < 1.29 is 9.00 Å². The molecule has 1 amide bonds. The SMILES string of the molecule is CCS(=O)c1ccc2c(c1)CC(=O)N2. The molecule has 0 radical (unpaired) electrons. The molecule has 0 aliphatic carbocycles. The van der Waals surface area contributed by atoms with Gasteiger partial charge in [0.15, 0.2) is 0 Å². The molecule has 0 fully saturated rings. The molecule has 1 aromatic carbocycles. The Bertz CT molecular complexity index is 415. The predicted molar refractivity (Wildman–Crippen MR) is 55.7 cm³/mol. The highest BCUT2D eigenvalue weighted by molar-refractivity contribution is 7.85. The minimum atomic E-state index is -0.933. The van der Waals surface area contributed by atoms with Crippen LogP contribution in [0.25, 0.3) is 0 Å². The Morgan fingerprint density at radius 3 is 3.00 bits per heavy atom. The minimum absolute atomic E-state index is 0.0134. The van der Waals surface area contributed by atoms with Gasteiger partial charge in [-0.3, -0.25) is 9.00 Å². The summed E-state index contributed by atoms with van der Waals surface area (Å²) >= 11 is 0. The first-order valence-corrected chi connectivity index (χ1v) is 5.83. The van der Waals surface area contributed by atoms with Crippen molar-refractivity contribution in [2.75, 3.05) is 11.1 Å². The number of hydrogen-bond donors (Lipinski definition) is 1. The van der Waals surface area contributed by atoms with E-state index in [4.69, 9.17) is 0 Å². The fourth-order valence-electron chi connectivity index (χ4n) is 1.51. The van der Waals surface area contributed by atoms with E-state index in [1.54, 1.807) is 0 Å². The fraction of sp³-hybridized carbons (Fsp3) is 0.300. The number of fused-ring (bicyclic) bond motifs is 1. The molecule has 1 unspecified atom stereocenters. The molecule has 0 aromatic heterocycles. The van der Waals surface area contributed by atoms with E-state index in [2.05, 4.69) is 5.32 Å². The van der Waals surface area contributed by atoms with Crippen LogP contribution >= 0.6 is 0 Å². The third-order valence-electron chi connectivity index (χ3n) is 2.23. The summed E-state index contributed by atoms with van der Waals surface area (Å²) in [5, 5.41) is 2.74. The smallest absolute Gasteiger partial charge is 0.228 e. The summed E-state index contributed by atoms with van der Waals surface area (Å²) in [6.45, 7) is 1.88. The highest BCUT2D eigenvalue weighted by atomic mass is 32.2. The van der Waals surface area contributed by atoms with E-state index in [-0.39, 0.29) is 5.91 Å². The van der Waals surface area contributed by atoms with Crippen LogP contribution in [0.1, 0.15) is 12.5 Å². The zero-order chi connectivity index (χ0) is 10.1. The third-order valence-corrected chi connectivity index (χ3v) is 3.53. The number of hydrogen-bond acceptors (Lipinski definition) is 2. The lowest BCUT2D eigenvalue weighted by Gasteiger charge is -2.02. The number of rotatable bonds is 2. The molecule has 1 aliphatic rings. The molecular formula is C10H11NO2S. The van der Waals surface area contributed by atoms with Crippen molar-refractivity contribution in [3.05, 3.63) is 23.8 Å². The Labute approximate surface area is 85.0 Å². The molecule has 1 aliphatic heterocycles. The van der Waals surface area contributed by atoms with Crippen molar-refractivity contribution in [1.29, 1.82) is 0 Å². The lowest BCUT2D eigenvalue weighted by Crippen LogP contribution is -2.03. The van der Waals surface area contributed by atoms with Crippen LogP contribution < -0.4 is 5.32 Å². The lowest BCUT2D eigenvalue weighted by atomic mass is 10.2. The van der Waals surface area contributed by atoms with Crippen molar-refractivity contribution in [2.45, 2.75) is 18.2 Å². The first kappa shape index (κ1) is 9.40. The Morgan fingerprint density at radius 2 is 2.29 bits per heavy atom. The van der Waals surface area contributed by atoms with Crippen molar-refractivity contribution in [3.63, 3.8) is 0 Å². The van der Waals surface area contributed by atoms with E-state index in [0.29, 0.717) is 12.2 Å². The molecule has 3 nitrogen and oxygen atoms in total. The molecule has 1 aromatic rings. The van der Waals surface area contributed by atoms with E-state index in [0.717, 1.165) is 16.1 Å². The highest BCUT2D eigenvalue weighted by Gasteiger charge is 2.18. The van der Waals surface area contributed by atoms with E-state index in [9.17, 15) is 9.00 Å². The topological polar surface area (TPSA) is 46.2 Å². The molecule has 0 saturated heterocycles. The number of amides is 1. The molecule has 14 heavy (non-hydrogen) atoms. The van der Waals surface area contributed by atoms with Crippen LogP contribution in [0.5, 0.6) is 0 Å². The second-order valence-corrected chi connectivity index (χ2v) is 4.92. The lowest BCUT2D eigenvalue weighted by molar-refractivity contribution is -0.115. The summed E-state index contributed by atoms with van der Waals surface area (Å²) in [7, 11) is -0.933. The molecule has 0 saturated carbocycles. The van der Waals surface area contributed by atoms with Crippen LogP contribution in [0.4, 0.5) is 5.69 Å². The maximum atomic E-state index is 11.5. The number of nitrogens with one attached hydrogen (secondary N) is 1. The second-order valence-electron chi connectivity index (χ2n) is 3.18. The average molecular weight is 209 g/mol. The van der Waals surface area contributed by atoms with Crippen molar-refractivity contribution >= 4 is 22.4 Å². The standard InChI is InChI=1S/C10H11NO2S/c1-2-14(13)8-3-4-9-7(5-8)6-10(12)11-9/h3-5H,2,6H2,1H3,(H,11,12). The van der Waals surface area contributed by atoms with Crippen LogP contribution in [0, 0.1) is 0 Å². The molecular weight excluding hydrogens is 198 g/mol. The monoisotopic (exact) mass is 209 g/mol. The van der Waals surface area contributed by atoms with E-state index < -0.39 is 10.8 Å². The zero-order valence-corrected chi connectivity index (χ0v) is 8.69. The van der Waals surface area contributed by atoms with Crippen LogP contribution in [0.3, 0.4) is 0 Å². The maximum Gasteiger partial charge on any atom is 0.228 e. The normalized spacial score (nSPS) is 16.2. The summed E-state index contributed by atoms with van der Waals surface area (Å²) in [4.78, 5) is 11.9. The molecule has 2 rings (SSSR count).